The van der Waals surface area contributed by atoms with Crippen LogP contribution in [-0.4, -0.2) is 16.5 Å². The maximum absolute atomic E-state index is 8.15. The van der Waals surface area contributed by atoms with E-state index in [-0.39, 0.29) is 31.9 Å². The van der Waals surface area contributed by atoms with Crippen molar-refractivity contribution in [2.24, 2.45) is 0 Å². The third-order valence-electron chi connectivity index (χ3n) is 8.53. The molecule has 0 aliphatic carbocycles. The van der Waals surface area contributed by atoms with Crippen LogP contribution >= 0.6 is 0 Å². The van der Waals surface area contributed by atoms with E-state index in [1.54, 1.807) is 6.67 Å². The second kappa shape index (κ2) is 11.5. The van der Waals surface area contributed by atoms with Gasteiger partial charge in [-0.1, -0.05) is 77.4 Å². The number of rotatable bonds is 4. The monoisotopic (exact) mass is 773 g/mol. The molecule has 4 nitrogen and oxygen atoms in total. The van der Waals surface area contributed by atoms with E-state index in [1.165, 1.54) is 15.8 Å². The van der Waals surface area contributed by atoms with Crippen molar-refractivity contribution in [2.75, 3.05) is 16.8 Å². The van der Waals surface area contributed by atoms with Gasteiger partial charge in [0.2, 0.25) is 0 Å². The third kappa shape index (κ3) is 5.70. The smallest absolute Gasteiger partial charge is 0.135 e. The van der Waals surface area contributed by atoms with Gasteiger partial charge in [-0.2, -0.15) is 53.7 Å². The molecule has 0 saturated heterocycles. The second-order valence-electron chi connectivity index (χ2n) is 13.8. The molecule has 2 aromatic heterocycles. The Hall–Kier alpha value is -3.88. The molecule has 1 aliphatic heterocycles. The van der Waals surface area contributed by atoms with Gasteiger partial charge in [-0.25, -0.2) is 4.98 Å². The quantitative estimate of drug-likeness (QED) is 0.167. The largest absolute Gasteiger partial charge is 0.504 e. The van der Waals surface area contributed by atoms with Crippen LogP contribution in [0.25, 0.3) is 27.6 Å². The molecule has 232 valence electrons. The minimum absolute atomic E-state index is 0. The minimum Gasteiger partial charge on any atom is -0.504 e. The summed E-state index contributed by atoms with van der Waals surface area (Å²) in [4.78, 5) is 8.14. The van der Waals surface area contributed by atoms with Crippen LogP contribution in [0.2, 0.25) is 0 Å². The Morgan fingerprint density at radius 3 is 2.24 bits per heavy atom. The first kappa shape index (κ1) is 27.4. The Morgan fingerprint density at radius 2 is 1.49 bits per heavy atom. The molecule has 0 unspecified atom stereocenters. The van der Waals surface area contributed by atoms with E-state index in [1.807, 2.05) is 35.4 Å². The average Bonchev–Trinajstić information content (AvgIpc) is 3.57. The van der Waals surface area contributed by atoms with Crippen molar-refractivity contribution in [1.29, 1.82) is 0 Å². The van der Waals surface area contributed by atoms with E-state index in [0.717, 1.165) is 50.3 Å². The Balaban J connectivity index is 0.00000401. The number of benzene rings is 4. The average molecular weight is 774 g/mol. The van der Waals surface area contributed by atoms with Crippen molar-refractivity contribution < 1.29 is 25.2 Å². The topological polar surface area (TPSA) is 24.3 Å². The number of para-hydroxylation sites is 3. The van der Waals surface area contributed by atoms with E-state index in [4.69, 9.17) is 9.10 Å². The molecule has 1 aliphatic rings. The van der Waals surface area contributed by atoms with Gasteiger partial charge >= 0.3 is 0 Å². The number of pyridine rings is 1. The molecule has 5 heteroatoms. The molecular weight excluding hydrogens is 732 g/mol. The fourth-order valence-electron chi connectivity index (χ4n) is 6.06. The van der Waals surface area contributed by atoms with E-state index >= 15 is 0 Å². The third-order valence-corrected chi connectivity index (χ3v) is 8.53. The molecule has 0 spiro atoms. The number of nitrogens with zero attached hydrogens (tertiary/aromatic N) is 4. The summed E-state index contributed by atoms with van der Waals surface area (Å²) in [5, 5.41) is 2.30. The van der Waals surface area contributed by atoms with Crippen LogP contribution in [0.4, 0.5) is 17.1 Å². The Kier molecular flexibility index (Phi) is 7.00. The Morgan fingerprint density at radius 1 is 0.756 bits per heavy atom. The molecule has 0 amide bonds. The maximum Gasteiger partial charge on any atom is 0.135 e. The molecule has 7 rings (SSSR count). The summed E-state index contributed by atoms with van der Waals surface area (Å²) in [6, 6.07) is 36.5. The number of fused-ring (bicyclic) bond motifs is 4. The molecule has 0 bridgehead atoms. The number of hydrogen-bond donors (Lipinski definition) is 0. The van der Waals surface area contributed by atoms with Gasteiger partial charge in [0.1, 0.15) is 5.82 Å². The van der Waals surface area contributed by atoms with Crippen molar-refractivity contribution in [3.8, 4) is 5.82 Å². The standard InChI is InChI=1S/C40H39N4.Pt/c1-39(2,3)29-18-19-41-38(25-29)44-34-13-9-8-12-32(34)33-17-16-27(23-37(33)44)20-28-21-30(40(4,5)6)24-31(22-28)43-26-42(7)35-14-10-11-15-36(35)43;/h8-19,21,24-26H,20H2,1-7H3;/q-3;/i7D3;. The fraction of sp³-hybridized carbons (Fsp3) is 0.250. The summed E-state index contributed by atoms with van der Waals surface area (Å²) in [6.45, 7) is 12.6. The number of anilines is 3. The van der Waals surface area contributed by atoms with Gasteiger partial charge in [0.15, 0.2) is 0 Å². The maximum atomic E-state index is 8.15. The van der Waals surface area contributed by atoms with Crippen molar-refractivity contribution in [1.82, 2.24) is 9.55 Å². The summed E-state index contributed by atoms with van der Waals surface area (Å²) in [5.74, 6) is 0.877. The zero-order chi connectivity index (χ0) is 33.3. The summed E-state index contributed by atoms with van der Waals surface area (Å²) in [7, 11) is 0. The minimum atomic E-state index is -2.31. The molecule has 45 heavy (non-hydrogen) atoms. The van der Waals surface area contributed by atoms with E-state index in [9.17, 15) is 0 Å². The van der Waals surface area contributed by atoms with Crippen LogP contribution in [0.5, 0.6) is 0 Å². The van der Waals surface area contributed by atoms with Gasteiger partial charge < -0.3 is 14.4 Å². The normalized spacial score (nSPS) is 14.7. The zero-order valence-corrected chi connectivity index (χ0v) is 28.8. The first-order valence-corrected chi connectivity index (χ1v) is 15.2. The first-order chi connectivity index (χ1) is 22.2. The molecule has 0 fully saturated rings. The summed E-state index contributed by atoms with van der Waals surface area (Å²) in [6.07, 6.45) is 2.51. The van der Waals surface area contributed by atoms with Crippen molar-refractivity contribution in [3.05, 3.63) is 132 Å². The molecule has 0 N–H and O–H groups in total. The molecule has 0 radical (unpaired) electrons. The predicted octanol–water partition coefficient (Wildman–Crippen LogP) is 9.67. The second-order valence-corrected chi connectivity index (χ2v) is 13.8. The van der Waals surface area contributed by atoms with Gasteiger partial charge in [0.25, 0.3) is 0 Å². The number of aromatic nitrogens is 2. The van der Waals surface area contributed by atoms with E-state index < -0.39 is 6.98 Å². The molecule has 6 aromatic rings. The van der Waals surface area contributed by atoms with Crippen molar-refractivity contribution in [2.45, 2.75) is 58.8 Å². The van der Waals surface area contributed by atoms with Crippen molar-refractivity contribution in [3.63, 3.8) is 0 Å². The molecular formula is C40H39N4Pt-3. The van der Waals surface area contributed by atoms with E-state index in [0.29, 0.717) is 12.1 Å². The van der Waals surface area contributed by atoms with Gasteiger partial charge in [0, 0.05) is 48.3 Å². The molecule has 3 heterocycles. The van der Waals surface area contributed by atoms with Gasteiger partial charge in [0.05, 0.1) is 0 Å². The SMILES string of the molecule is [2H]C([2H])([2H])N1[CH-]N(c2[c-]c(Cc3[c-]c4c(cc3)c3ccccc3n4-c3cc(C(C)(C)C)ccn3)cc(C(C)(C)C)c2)c2ccccc21.[Pt]. The van der Waals surface area contributed by atoms with Crippen LogP contribution < -0.4 is 9.80 Å². The van der Waals surface area contributed by atoms with Gasteiger partial charge in [-0.05, 0) is 65.5 Å². The van der Waals surface area contributed by atoms with Crippen LogP contribution in [0.1, 0.15) is 67.9 Å². The Bertz CT molecular complexity index is 2140. The van der Waals surface area contributed by atoms with Crippen LogP contribution in [0, 0.1) is 18.8 Å². The molecule has 4 aromatic carbocycles. The van der Waals surface area contributed by atoms with Gasteiger partial charge in [-0.3, -0.25) is 0 Å². The fourth-order valence-corrected chi connectivity index (χ4v) is 6.06. The van der Waals surface area contributed by atoms with E-state index in [2.05, 4.69) is 119 Å². The summed E-state index contributed by atoms with van der Waals surface area (Å²) in [5.41, 5.74) is 8.65. The predicted molar refractivity (Wildman–Crippen MR) is 184 cm³/mol. The van der Waals surface area contributed by atoms with Crippen molar-refractivity contribution >= 4 is 38.9 Å². The summed E-state index contributed by atoms with van der Waals surface area (Å²) >= 11 is 0. The Labute approximate surface area is 286 Å². The van der Waals surface area contributed by atoms with Crippen LogP contribution in [-0.2, 0) is 38.3 Å². The first-order valence-electron chi connectivity index (χ1n) is 16.7. The number of hydrogen-bond acceptors (Lipinski definition) is 3. The van der Waals surface area contributed by atoms with Gasteiger partial charge in [-0.15, -0.1) is 17.1 Å². The summed E-state index contributed by atoms with van der Waals surface area (Å²) < 4.78 is 26.7. The molecule has 0 atom stereocenters. The van der Waals surface area contributed by atoms with Crippen LogP contribution in [0.15, 0.2) is 91.1 Å². The molecule has 0 saturated carbocycles. The van der Waals surface area contributed by atoms with Crippen LogP contribution in [0.3, 0.4) is 0 Å². The zero-order valence-electron chi connectivity index (χ0n) is 29.5.